The van der Waals surface area contributed by atoms with Crippen LogP contribution in [0.3, 0.4) is 0 Å². The van der Waals surface area contributed by atoms with Crippen LogP contribution in [0.2, 0.25) is 5.02 Å². The molecule has 1 fully saturated rings. The lowest BCUT2D eigenvalue weighted by Gasteiger charge is -2.27. The number of rotatable bonds is 5. The molecule has 1 aliphatic carbocycles. The normalized spacial score (nSPS) is 16.7. The standard InChI is InChI=1S/C13H19ClN2.ClH/c1-16(13(8-15)11-5-6-11)9-10-3-2-4-12(14)7-10;/h2-4,7,11,13H,5-6,8-9,15H2,1H3;1H. The van der Waals surface area contributed by atoms with Crippen molar-refractivity contribution in [3.05, 3.63) is 34.9 Å². The highest BCUT2D eigenvalue weighted by atomic mass is 35.5. The molecule has 2 nitrogen and oxygen atoms in total. The topological polar surface area (TPSA) is 29.3 Å². The summed E-state index contributed by atoms with van der Waals surface area (Å²) in [6.07, 6.45) is 2.67. The summed E-state index contributed by atoms with van der Waals surface area (Å²) in [5.74, 6) is 0.814. The predicted molar refractivity (Wildman–Crippen MR) is 75.7 cm³/mol. The SMILES string of the molecule is CN(Cc1cccc(Cl)c1)C(CN)C1CC1.Cl. The van der Waals surface area contributed by atoms with E-state index >= 15 is 0 Å². The largest absolute Gasteiger partial charge is 0.329 e. The molecule has 1 atom stereocenters. The third-order valence-electron chi connectivity index (χ3n) is 3.29. The van der Waals surface area contributed by atoms with Crippen LogP contribution >= 0.6 is 24.0 Å². The molecule has 0 radical (unpaired) electrons. The highest BCUT2D eigenvalue weighted by molar-refractivity contribution is 6.30. The van der Waals surface area contributed by atoms with Gasteiger partial charge in [-0.15, -0.1) is 12.4 Å². The van der Waals surface area contributed by atoms with E-state index in [4.69, 9.17) is 17.3 Å². The van der Waals surface area contributed by atoms with Gasteiger partial charge >= 0.3 is 0 Å². The van der Waals surface area contributed by atoms with Crippen LogP contribution in [-0.4, -0.2) is 24.5 Å². The van der Waals surface area contributed by atoms with Gasteiger partial charge in [-0.05, 0) is 43.5 Å². The van der Waals surface area contributed by atoms with E-state index in [0.717, 1.165) is 24.0 Å². The molecule has 0 heterocycles. The van der Waals surface area contributed by atoms with Gasteiger partial charge in [-0.2, -0.15) is 0 Å². The van der Waals surface area contributed by atoms with E-state index in [1.807, 2.05) is 18.2 Å². The van der Waals surface area contributed by atoms with E-state index in [1.54, 1.807) is 0 Å². The highest BCUT2D eigenvalue weighted by Crippen LogP contribution is 2.34. The van der Waals surface area contributed by atoms with E-state index in [2.05, 4.69) is 18.0 Å². The fourth-order valence-corrected chi connectivity index (χ4v) is 2.47. The second kappa shape index (κ2) is 6.60. The van der Waals surface area contributed by atoms with Gasteiger partial charge in [0.1, 0.15) is 0 Å². The van der Waals surface area contributed by atoms with Crippen molar-refractivity contribution in [1.29, 1.82) is 0 Å². The van der Waals surface area contributed by atoms with Gasteiger partial charge in [0.25, 0.3) is 0 Å². The Morgan fingerprint density at radius 1 is 1.47 bits per heavy atom. The number of likely N-dealkylation sites (N-methyl/N-ethyl adjacent to an activating group) is 1. The molecule has 0 bridgehead atoms. The predicted octanol–water partition coefficient (Wildman–Crippen LogP) is 2.93. The molecule has 1 aromatic rings. The summed E-state index contributed by atoms with van der Waals surface area (Å²) >= 11 is 5.97. The van der Waals surface area contributed by atoms with Crippen LogP contribution in [0.15, 0.2) is 24.3 Å². The molecule has 2 N–H and O–H groups in total. The zero-order chi connectivity index (χ0) is 11.5. The van der Waals surface area contributed by atoms with Gasteiger partial charge in [0.05, 0.1) is 0 Å². The van der Waals surface area contributed by atoms with E-state index in [9.17, 15) is 0 Å². The van der Waals surface area contributed by atoms with Gasteiger partial charge in [0.2, 0.25) is 0 Å². The molecule has 2 rings (SSSR count). The van der Waals surface area contributed by atoms with Crippen molar-refractivity contribution in [2.75, 3.05) is 13.6 Å². The van der Waals surface area contributed by atoms with Gasteiger partial charge in [-0.25, -0.2) is 0 Å². The molecular formula is C13H20Cl2N2. The van der Waals surface area contributed by atoms with Crippen molar-refractivity contribution in [3.63, 3.8) is 0 Å². The second-order valence-corrected chi connectivity index (χ2v) is 5.12. The Morgan fingerprint density at radius 3 is 2.71 bits per heavy atom. The van der Waals surface area contributed by atoms with Crippen molar-refractivity contribution in [2.24, 2.45) is 11.7 Å². The zero-order valence-corrected chi connectivity index (χ0v) is 11.7. The molecule has 17 heavy (non-hydrogen) atoms. The van der Waals surface area contributed by atoms with Gasteiger partial charge in [-0.3, -0.25) is 4.90 Å². The molecular weight excluding hydrogens is 255 g/mol. The molecule has 4 heteroatoms. The van der Waals surface area contributed by atoms with Crippen LogP contribution in [0.4, 0.5) is 0 Å². The summed E-state index contributed by atoms with van der Waals surface area (Å²) in [5, 5.41) is 0.807. The summed E-state index contributed by atoms with van der Waals surface area (Å²) in [4.78, 5) is 2.35. The average Bonchev–Trinajstić information content (AvgIpc) is 3.03. The lowest BCUT2D eigenvalue weighted by molar-refractivity contribution is 0.215. The maximum Gasteiger partial charge on any atom is 0.0409 e. The van der Waals surface area contributed by atoms with Gasteiger partial charge in [-0.1, -0.05) is 23.7 Å². The van der Waals surface area contributed by atoms with Crippen molar-refractivity contribution < 1.29 is 0 Å². The fourth-order valence-electron chi connectivity index (χ4n) is 2.25. The van der Waals surface area contributed by atoms with Crippen LogP contribution in [0.5, 0.6) is 0 Å². The fraction of sp³-hybridized carbons (Fsp3) is 0.538. The van der Waals surface area contributed by atoms with E-state index in [-0.39, 0.29) is 12.4 Å². The maximum atomic E-state index is 5.97. The number of nitrogens with two attached hydrogens (primary N) is 1. The Bertz CT molecular complexity index is 353. The number of hydrogen-bond donors (Lipinski definition) is 1. The molecule has 1 saturated carbocycles. The molecule has 1 unspecified atom stereocenters. The average molecular weight is 275 g/mol. The van der Waals surface area contributed by atoms with Crippen molar-refractivity contribution in [1.82, 2.24) is 4.90 Å². The summed E-state index contributed by atoms with van der Waals surface area (Å²) in [6.45, 7) is 1.68. The Kier molecular flexibility index (Phi) is 5.74. The molecule has 0 aromatic heterocycles. The van der Waals surface area contributed by atoms with Crippen LogP contribution in [0.1, 0.15) is 18.4 Å². The van der Waals surface area contributed by atoms with Gasteiger partial charge < -0.3 is 5.73 Å². The lowest BCUT2D eigenvalue weighted by atomic mass is 10.1. The molecule has 0 aliphatic heterocycles. The molecule has 1 aliphatic rings. The third kappa shape index (κ3) is 4.14. The minimum absolute atomic E-state index is 0. The van der Waals surface area contributed by atoms with E-state index in [0.29, 0.717) is 6.04 Å². The highest BCUT2D eigenvalue weighted by Gasteiger charge is 2.32. The van der Waals surface area contributed by atoms with Crippen LogP contribution in [0, 0.1) is 5.92 Å². The second-order valence-electron chi connectivity index (χ2n) is 4.69. The summed E-state index contributed by atoms with van der Waals surface area (Å²) < 4.78 is 0. The van der Waals surface area contributed by atoms with E-state index < -0.39 is 0 Å². The summed E-state index contributed by atoms with van der Waals surface area (Å²) in [5.41, 5.74) is 7.09. The first-order valence-electron chi connectivity index (χ1n) is 5.85. The Balaban J connectivity index is 0.00000144. The van der Waals surface area contributed by atoms with E-state index in [1.165, 1.54) is 18.4 Å². The monoisotopic (exact) mass is 274 g/mol. The zero-order valence-electron chi connectivity index (χ0n) is 10.1. The molecule has 0 amide bonds. The first-order chi connectivity index (χ1) is 7.70. The molecule has 1 aromatic carbocycles. The summed E-state index contributed by atoms with van der Waals surface area (Å²) in [6, 6.07) is 8.58. The van der Waals surface area contributed by atoms with Crippen LogP contribution in [-0.2, 0) is 6.54 Å². The Morgan fingerprint density at radius 2 is 2.18 bits per heavy atom. The van der Waals surface area contributed by atoms with Gasteiger partial charge in [0.15, 0.2) is 0 Å². The number of hydrogen-bond acceptors (Lipinski definition) is 2. The van der Waals surface area contributed by atoms with Gasteiger partial charge in [0, 0.05) is 24.2 Å². The van der Waals surface area contributed by atoms with Crippen molar-refractivity contribution >= 4 is 24.0 Å². The smallest absolute Gasteiger partial charge is 0.0409 e. The Labute approximate surface area is 115 Å². The van der Waals surface area contributed by atoms with Crippen molar-refractivity contribution in [3.8, 4) is 0 Å². The minimum atomic E-state index is 0. The quantitative estimate of drug-likeness (QED) is 0.895. The number of halogens is 2. The first-order valence-corrected chi connectivity index (χ1v) is 6.23. The number of benzene rings is 1. The molecule has 0 spiro atoms. The first kappa shape index (κ1) is 14.8. The third-order valence-corrected chi connectivity index (χ3v) is 3.53. The van der Waals surface area contributed by atoms with Crippen LogP contribution in [0.25, 0.3) is 0 Å². The summed E-state index contributed by atoms with van der Waals surface area (Å²) in [7, 11) is 2.15. The Hall–Kier alpha value is -0.280. The van der Waals surface area contributed by atoms with Crippen molar-refractivity contribution in [2.45, 2.75) is 25.4 Å². The molecule has 0 saturated heterocycles. The lowest BCUT2D eigenvalue weighted by Crippen LogP contribution is -2.39. The van der Waals surface area contributed by atoms with Crippen LogP contribution < -0.4 is 5.73 Å². The molecule has 96 valence electrons. The number of nitrogens with zero attached hydrogens (tertiary/aromatic N) is 1. The maximum absolute atomic E-state index is 5.97. The minimum Gasteiger partial charge on any atom is -0.329 e.